The van der Waals surface area contributed by atoms with Gasteiger partial charge in [-0.05, 0) is 20.8 Å². The summed E-state index contributed by atoms with van der Waals surface area (Å²) in [4.78, 5) is 18.8. The van der Waals surface area contributed by atoms with Crippen LogP contribution in [0.4, 0.5) is 39.4 Å². The Kier molecular flexibility index (Phi) is 6.04. The molecular formula is C15H18F5N7O. The summed E-state index contributed by atoms with van der Waals surface area (Å²) in [6, 6.07) is -3.95. The number of aryl methyl sites for hydroxylation is 1. The smallest absolute Gasteiger partial charge is 0.370 e. The molecule has 0 aliphatic heterocycles. The van der Waals surface area contributed by atoms with Gasteiger partial charge in [-0.25, -0.2) is 4.98 Å². The second kappa shape index (κ2) is 7.94. The highest BCUT2D eigenvalue weighted by molar-refractivity contribution is 5.81. The van der Waals surface area contributed by atoms with Crippen LogP contribution in [0, 0.1) is 6.92 Å². The van der Waals surface area contributed by atoms with Crippen LogP contribution in [0.5, 0.6) is 0 Å². The van der Waals surface area contributed by atoms with Gasteiger partial charge in [0.15, 0.2) is 0 Å². The average Bonchev–Trinajstić information content (AvgIpc) is 2.96. The standard InChI is InChI=1S/C15H18F5N7O/c1-4-21-11-9(14(16,17)18)6-23-13(25-11)24-10-7-27(26-8(10)3)15(19,20)12(28)22-5-2/h6-7H,4-5H2,1-3H3,(H,22,28)(H2,21,23,24,25). The summed E-state index contributed by atoms with van der Waals surface area (Å²) in [5.74, 6) is -2.25. The molecule has 3 N–H and O–H groups in total. The number of likely N-dealkylation sites (N-methyl/N-ethyl adjacent to an activating group) is 1. The number of alkyl halides is 5. The van der Waals surface area contributed by atoms with Crippen LogP contribution in [0.25, 0.3) is 0 Å². The number of hydrogen-bond acceptors (Lipinski definition) is 6. The number of aromatic nitrogens is 4. The lowest BCUT2D eigenvalue weighted by atomic mass is 10.3. The first-order valence-electron chi connectivity index (χ1n) is 8.18. The zero-order valence-corrected chi connectivity index (χ0v) is 15.2. The Hall–Kier alpha value is -2.99. The first-order valence-corrected chi connectivity index (χ1v) is 8.18. The van der Waals surface area contributed by atoms with Crippen molar-refractivity contribution in [2.75, 3.05) is 23.7 Å². The molecule has 0 saturated heterocycles. The van der Waals surface area contributed by atoms with Crippen molar-refractivity contribution in [2.24, 2.45) is 0 Å². The molecule has 13 heteroatoms. The van der Waals surface area contributed by atoms with E-state index in [2.05, 4.69) is 25.7 Å². The fraction of sp³-hybridized carbons (Fsp3) is 0.467. The fourth-order valence-electron chi connectivity index (χ4n) is 2.17. The summed E-state index contributed by atoms with van der Waals surface area (Å²) in [6.07, 6.45) is -3.24. The molecule has 0 aromatic carbocycles. The minimum Gasteiger partial charge on any atom is -0.370 e. The number of nitrogens with zero attached hydrogens (tertiary/aromatic N) is 4. The molecule has 1 amide bonds. The van der Waals surface area contributed by atoms with E-state index < -0.39 is 29.5 Å². The van der Waals surface area contributed by atoms with Crippen LogP contribution in [-0.4, -0.2) is 38.7 Å². The number of carbonyl (C=O) groups excluding carboxylic acids is 1. The molecule has 0 radical (unpaired) electrons. The largest absolute Gasteiger partial charge is 0.422 e. The van der Waals surface area contributed by atoms with Crippen LogP contribution in [0.2, 0.25) is 0 Å². The number of hydrogen-bond donors (Lipinski definition) is 3. The maximum Gasteiger partial charge on any atom is 0.422 e. The van der Waals surface area contributed by atoms with E-state index in [1.165, 1.54) is 13.8 Å². The monoisotopic (exact) mass is 407 g/mol. The van der Waals surface area contributed by atoms with Gasteiger partial charge in [0, 0.05) is 19.3 Å². The molecule has 0 bridgehead atoms. The van der Waals surface area contributed by atoms with Crippen molar-refractivity contribution in [3.05, 3.63) is 23.7 Å². The number of halogens is 5. The summed E-state index contributed by atoms with van der Waals surface area (Å²) in [7, 11) is 0. The second-order valence-electron chi connectivity index (χ2n) is 5.58. The molecule has 2 heterocycles. The van der Waals surface area contributed by atoms with E-state index in [1.807, 2.05) is 5.32 Å². The zero-order chi connectivity index (χ0) is 21.1. The number of nitrogens with one attached hydrogen (secondary N) is 3. The van der Waals surface area contributed by atoms with Crippen molar-refractivity contribution in [3.63, 3.8) is 0 Å². The summed E-state index contributed by atoms with van der Waals surface area (Å²) in [6.45, 7) is 4.63. The number of anilines is 3. The molecule has 0 aliphatic carbocycles. The normalized spacial score (nSPS) is 12.0. The maximum absolute atomic E-state index is 14.1. The lowest BCUT2D eigenvalue weighted by Crippen LogP contribution is -2.42. The third-order valence-corrected chi connectivity index (χ3v) is 3.48. The minimum atomic E-state index is -4.66. The predicted octanol–water partition coefficient (Wildman–Crippen LogP) is 2.86. The van der Waals surface area contributed by atoms with E-state index in [0.717, 1.165) is 6.20 Å². The second-order valence-corrected chi connectivity index (χ2v) is 5.58. The number of amides is 1. The highest BCUT2D eigenvalue weighted by atomic mass is 19.4. The fourth-order valence-corrected chi connectivity index (χ4v) is 2.17. The van der Waals surface area contributed by atoms with Crippen LogP contribution < -0.4 is 16.0 Å². The Morgan fingerprint density at radius 3 is 2.43 bits per heavy atom. The third kappa shape index (κ3) is 4.46. The molecule has 8 nitrogen and oxygen atoms in total. The van der Waals surface area contributed by atoms with Crippen molar-refractivity contribution in [1.29, 1.82) is 0 Å². The first-order chi connectivity index (χ1) is 13.0. The van der Waals surface area contributed by atoms with Crippen molar-refractivity contribution in [3.8, 4) is 0 Å². The Balaban J connectivity index is 2.33. The van der Waals surface area contributed by atoms with Crippen molar-refractivity contribution >= 4 is 23.4 Å². The molecule has 0 aliphatic rings. The van der Waals surface area contributed by atoms with E-state index in [4.69, 9.17) is 0 Å². The minimum absolute atomic E-state index is 0.00572. The quantitative estimate of drug-likeness (QED) is 0.611. The van der Waals surface area contributed by atoms with Gasteiger partial charge in [-0.15, -0.1) is 0 Å². The summed E-state index contributed by atoms with van der Waals surface area (Å²) in [5.41, 5.74) is -0.987. The zero-order valence-electron chi connectivity index (χ0n) is 15.2. The molecule has 28 heavy (non-hydrogen) atoms. The van der Waals surface area contributed by atoms with E-state index in [1.54, 1.807) is 6.92 Å². The lowest BCUT2D eigenvalue weighted by Gasteiger charge is -2.15. The molecule has 0 atom stereocenters. The van der Waals surface area contributed by atoms with Crippen LogP contribution >= 0.6 is 0 Å². The van der Waals surface area contributed by atoms with Crippen LogP contribution in [0.3, 0.4) is 0 Å². The molecule has 2 aromatic rings. The highest BCUT2D eigenvalue weighted by Crippen LogP contribution is 2.34. The summed E-state index contributed by atoms with van der Waals surface area (Å²) < 4.78 is 67.4. The van der Waals surface area contributed by atoms with Crippen molar-refractivity contribution in [2.45, 2.75) is 33.0 Å². The van der Waals surface area contributed by atoms with Gasteiger partial charge in [-0.3, -0.25) is 4.79 Å². The van der Waals surface area contributed by atoms with Crippen LogP contribution in [0.1, 0.15) is 25.1 Å². The Morgan fingerprint density at radius 1 is 1.18 bits per heavy atom. The first kappa shape index (κ1) is 21.3. The van der Waals surface area contributed by atoms with E-state index in [9.17, 15) is 26.7 Å². The topological polar surface area (TPSA) is 96.8 Å². The van der Waals surface area contributed by atoms with Gasteiger partial charge in [0.05, 0.1) is 17.6 Å². The third-order valence-electron chi connectivity index (χ3n) is 3.48. The molecular weight excluding hydrogens is 389 g/mol. The van der Waals surface area contributed by atoms with Gasteiger partial charge in [0.25, 0.3) is 0 Å². The van der Waals surface area contributed by atoms with Gasteiger partial charge in [-0.1, -0.05) is 0 Å². The van der Waals surface area contributed by atoms with Gasteiger partial charge in [-0.2, -0.15) is 36.7 Å². The SMILES string of the molecule is CCNC(=O)C(F)(F)n1cc(Nc2ncc(C(F)(F)F)c(NCC)n2)c(C)n1. The summed E-state index contributed by atoms with van der Waals surface area (Å²) in [5, 5.41) is 10.6. The van der Waals surface area contributed by atoms with Crippen LogP contribution in [-0.2, 0) is 17.0 Å². The van der Waals surface area contributed by atoms with Crippen LogP contribution in [0.15, 0.2) is 12.4 Å². The van der Waals surface area contributed by atoms with Gasteiger partial charge in [0.1, 0.15) is 11.4 Å². The number of carbonyl (C=O) groups is 1. The molecule has 0 saturated carbocycles. The Morgan fingerprint density at radius 2 is 1.86 bits per heavy atom. The van der Waals surface area contributed by atoms with E-state index in [-0.39, 0.29) is 35.1 Å². The highest BCUT2D eigenvalue weighted by Gasteiger charge is 2.42. The van der Waals surface area contributed by atoms with E-state index in [0.29, 0.717) is 6.20 Å². The molecule has 2 aromatic heterocycles. The predicted molar refractivity (Wildman–Crippen MR) is 90.3 cm³/mol. The molecule has 0 spiro atoms. The van der Waals surface area contributed by atoms with Gasteiger partial charge >= 0.3 is 18.1 Å². The molecule has 0 unspecified atom stereocenters. The van der Waals surface area contributed by atoms with Gasteiger partial charge < -0.3 is 16.0 Å². The van der Waals surface area contributed by atoms with E-state index >= 15 is 0 Å². The maximum atomic E-state index is 14.1. The molecule has 2 rings (SSSR count). The number of rotatable bonds is 7. The molecule has 154 valence electrons. The Labute approximate surface area is 156 Å². The van der Waals surface area contributed by atoms with Crippen molar-refractivity contribution in [1.82, 2.24) is 25.1 Å². The lowest BCUT2D eigenvalue weighted by molar-refractivity contribution is -0.163. The van der Waals surface area contributed by atoms with Gasteiger partial charge in [0.2, 0.25) is 5.95 Å². The van der Waals surface area contributed by atoms with Crippen molar-refractivity contribution < 1.29 is 26.7 Å². The molecule has 0 fully saturated rings. The Bertz CT molecular complexity index is 850. The average molecular weight is 407 g/mol. The summed E-state index contributed by atoms with van der Waals surface area (Å²) >= 11 is 0.